The van der Waals surface area contributed by atoms with Gasteiger partial charge in [-0.05, 0) is 24.0 Å². The SMILES string of the molecule is CC[C@H](C)[C@H](C)[C@@H]1Nc2cc(Cl)c(S(N)(=O)=O)cc2S(=O)(=O)N1. The zero-order chi connectivity index (χ0) is 17.6. The van der Waals surface area contributed by atoms with Crippen molar-refractivity contribution in [3.63, 3.8) is 0 Å². The van der Waals surface area contributed by atoms with E-state index < -0.39 is 31.1 Å². The van der Waals surface area contributed by atoms with E-state index in [0.717, 1.165) is 12.5 Å². The van der Waals surface area contributed by atoms with Gasteiger partial charge in [0.2, 0.25) is 20.0 Å². The fourth-order valence-corrected chi connectivity index (χ4v) is 5.04. The number of nitrogens with one attached hydrogen (secondary N) is 2. The minimum absolute atomic E-state index is 0.0274. The molecule has 4 N–H and O–H groups in total. The largest absolute Gasteiger partial charge is 0.368 e. The first-order valence-corrected chi connectivity index (χ1v) is 10.5. The average Bonchev–Trinajstić information content (AvgIpc) is 2.42. The molecular formula is C13H20ClN3O4S2. The van der Waals surface area contributed by atoms with Gasteiger partial charge in [-0.3, -0.25) is 0 Å². The minimum Gasteiger partial charge on any atom is -0.368 e. The molecule has 0 unspecified atom stereocenters. The molecule has 2 rings (SSSR count). The summed E-state index contributed by atoms with van der Waals surface area (Å²) >= 11 is 5.94. The summed E-state index contributed by atoms with van der Waals surface area (Å²) in [6.07, 6.45) is 0.401. The van der Waals surface area contributed by atoms with Crippen LogP contribution in [-0.2, 0) is 20.0 Å². The van der Waals surface area contributed by atoms with Gasteiger partial charge in [0.05, 0.1) is 16.9 Å². The second-order valence-electron chi connectivity index (χ2n) is 5.81. The first kappa shape index (κ1) is 18.5. The number of sulfonamides is 2. The van der Waals surface area contributed by atoms with E-state index in [9.17, 15) is 16.8 Å². The normalized spacial score (nSPS) is 22.7. The molecule has 0 saturated heterocycles. The van der Waals surface area contributed by atoms with E-state index in [2.05, 4.69) is 10.0 Å². The Morgan fingerprint density at radius 1 is 1.35 bits per heavy atom. The quantitative estimate of drug-likeness (QED) is 0.733. The van der Waals surface area contributed by atoms with Gasteiger partial charge in [-0.1, -0.05) is 38.8 Å². The van der Waals surface area contributed by atoms with Crippen LogP contribution in [0.2, 0.25) is 5.02 Å². The molecule has 0 saturated carbocycles. The van der Waals surface area contributed by atoms with Gasteiger partial charge in [0.1, 0.15) is 9.79 Å². The van der Waals surface area contributed by atoms with Crippen molar-refractivity contribution in [2.24, 2.45) is 17.0 Å². The monoisotopic (exact) mass is 381 g/mol. The maximum absolute atomic E-state index is 12.5. The Labute approximate surface area is 141 Å². The lowest BCUT2D eigenvalue weighted by atomic mass is 9.91. The van der Waals surface area contributed by atoms with Crippen LogP contribution in [0.1, 0.15) is 27.2 Å². The van der Waals surface area contributed by atoms with Crippen molar-refractivity contribution < 1.29 is 16.8 Å². The summed E-state index contributed by atoms with van der Waals surface area (Å²) in [5.41, 5.74) is 0.265. The maximum Gasteiger partial charge on any atom is 0.244 e. The van der Waals surface area contributed by atoms with Gasteiger partial charge in [-0.25, -0.2) is 22.0 Å². The van der Waals surface area contributed by atoms with E-state index in [1.165, 1.54) is 6.07 Å². The molecule has 0 fully saturated rings. The van der Waals surface area contributed by atoms with Crippen LogP contribution in [0.25, 0.3) is 0 Å². The first-order valence-electron chi connectivity index (χ1n) is 7.12. The molecule has 0 radical (unpaired) electrons. The summed E-state index contributed by atoms with van der Waals surface area (Å²) in [6.45, 7) is 6.01. The van der Waals surface area contributed by atoms with Crippen molar-refractivity contribution in [3.05, 3.63) is 17.2 Å². The number of primary sulfonamides is 1. The van der Waals surface area contributed by atoms with E-state index in [-0.39, 0.29) is 27.4 Å². The van der Waals surface area contributed by atoms with Gasteiger partial charge in [-0.2, -0.15) is 4.72 Å². The van der Waals surface area contributed by atoms with Crippen molar-refractivity contribution in [2.45, 2.75) is 43.1 Å². The second-order valence-corrected chi connectivity index (χ2v) is 9.43. The van der Waals surface area contributed by atoms with Gasteiger partial charge in [0.15, 0.2) is 0 Å². The number of hydrogen-bond donors (Lipinski definition) is 3. The molecule has 0 aliphatic carbocycles. The molecule has 0 amide bonds. The highest BCUT2D eigenvalue weighted by Crippen LogP contribution is 2.35. The minimum atomic E-state index is -4.12. The lowest BCUT2D eigenvalue weighted by Crippen LogP contribution is -2.49. The molecule has 7 nitrogen and oxygen atoms in total. The van der Waals surface area contributed by atoms with E-state index >= 15 is 0 Å². The molecule has 23 heavy (non-hydrogen) atoms. The molecule has 0 bridgehead atoms. The van der Waals surface area contributed by atoms with Crippen LogP contribution >= 0.6 is 11.6 Å². The van der Waals surface area contributed by atoms with Crippen molar-refractivity contribution in [2.75, 3.05) is 5.32 Å². The Bertz CT molecular complexity index is 824. The molecule has 0 spiro atoms. The predicted octanol–water partition coefficient (Wildman–Crippen LogP) is 1.70. The number of anilines is 1. The van der Waals surface area contributed by atoms with Crippen LogP contribution in [0.3, 0.4) is 0 Å². The average molecular weight is 382 g/mol. The molecule has 1 aromatic carbocycles. The number of rotatable bonds is 4. The third-order valence-corrected chi connectivity index (χ3v) is 7.15. The topological polar surface area (TPSA) is 118 Å². The zero-order valence-electron chi connectivity index (χ0n) is 13.0. The lowest BCUT2D eigenvalue weighted by Gasteiger charge is -2.34. The van der Waals surface area contributed by atoms with Crippen molar-refractivity contribution in [3.8, 4) is 0 Å². The van der Waals surface area contributed by atoms with Crippen molar-refractivity contribution >= 4 is 37.3 Å². The van der Waals surface area contributed by atoms with Crippen molar-refractivity contribution in [1.82, 2.24) is 4.72 Å². The highest BCUT2D eigenvalue weighted by Gasteiger charge is 2.35. The van der Waals surface area contributed by atoms with E-state index in [1.807, 2.05) is 20.8 Å². The Morgan fingerprint density at radius 3 is 2.48 bits per heavy atom. The number of benzene rings is 1. The molecule has 1 aliphatic rings. The van der Waals surface area contributed by atoms with E-state index in [0.29, 0.717) is 0 Å². The van der Waals surface area contributed by atoms with Gasteiger partial charge in [0.25, 0.3) is 0 Å². The Balaban J connectivity index is 2.53. The summed E-state index contributed by atoms with van der Waals surface area (Å²) in [6, 6.07) is 2.26. The zero-order valence-corrected chi connectivity index (χ0v) is 15.4. The summed E-state index contributed by atoms with van der Waals surface area (Å²) in [5.74, 6) is 0.315. The number of halogens is 1. The first-order chi connectivity index (χ1) is 10.5. The molecule has 1 heterocycles. The molecule has 3 atom stereocenters. The van der Waals surface area contributed by atoms with Crippen LogP contribution in [0, 0.1) is 11.8 Å². The van der Waals surface area contributed by atoms with E-state index in [4.69, 9.17) is 16.7 Å². The summed E-state index contributed by atoms with van der Waals surface area (Å²) in [4.78, 5) is -0.600. The van der Waals surface area contributed by atoms with Crippen LogP contribution < -0.4 is 15.2 Å². The van der Waals surface area contributed by atoms with Gasteiger partial charge in [-0.15, -0.1) is 0 Å². The molecular weight excluding hydrogens is 362 g/mol. The summed E-state index contributed by atoms with van der Waals surface area (Å²) in [7, 11) is -7.99. The van der Waals surface area contributed by atoms with Crippen LogP contribution in [0.4, 0.5) is 5.69 Å². The van der Waals surface area contributed by atoms with Crippen molar-refractivity contribution in [1.29, 1.82) is 0 Å². The fraction of sp³-hybridized carbons (Fsp3) is 0.538. The predicted molar refractivity (Wildman–Crippen MR) is 89.2 cm³/mol. The number of nitrogens with two attached hydrogens (primary N) is 1. The summed E-state index contributed by atoms with van der Waals surface area (Å²) in [5, 5.41) is 8.02. The third-order valence-electron chi connectivity index (χ3n) is 4.29. The van der Waals surface area contributed by atoms with Gasteiger partial charge < -0.3 is 5.32 Å². The van der Waals surface area contributed by atoms with E-state index in [1.54, 1.807) is 0 Å². The smallest absolute Gasteiger partial charge is 0.244 e. The Hall–Kier alpha value is -0.870. The molecule has 1 aromatic rings. The Kier molecular flexibility index (Phi) is 4.99. The number of hydrogen-bond acceptors (Lipinski definition) is 5. The highest BCUT2D eigenvalue weighted by atomic mass is 35.5. The fourth-order valence-electron chi connectivity index (χ4n) is 2.45. The van der Waals surface area contributed by atoms with Crippen LogP contribution in [-0.4, -0.2) is 23.0 Å². The Morgan fingerprint density at radius 2 is 1.96 bits per heavy atom. The third kappa shape index (κ3) is 3.63. The van der Waals surface area contributed by atoms with Crippen LogP contribution in [0.15, 0.2) is 21.9 Å². The van der Waals surface area contributed by atoms with Crippen LogP contribution in [0.5, 0.6) is 0 Å². The molecule has 1 aliphatic heterocycles. The standard InChI is InChI=1S/C13H20ClN3O4S2/c1-4-7(2)8(3)13-16-10-5-9(14)11(22(15,18)19)6-12(10)23(20,21)17-13/h5-8,13,16-17H,4H2,1-3H3,(H2,15,18,19)/t7-,8-,13+/m0/s1. The lowest BCUT2D eigenvalue weighted by molar-refractivity contribution is 0.318. The van der Waals surface area contributed by atoms with Gasteiger partial charge in [0, 0.05) is 0 Å². The summed E-state index contributed by atoms with van der Waals surface area (Å²) < 4.78 is 50.5. The molecule has 10 heteroatoms. The number of fused-ring (bicyclic) bond motifs is 1. The molecule has 130 valence electrons. The second kappa shape index (κ2) is 6.21. The highest BCUT2D eigenvalue weighted by molar-refractivity contribution is 7.90. The maximum atomic E-state index is 12.5. The van der Waals surface area contributed by atoms with Gasteiger partial charge >= 0.3 is 0 Å². The molecule has 0 aromatic heterocycles.